The highest BCUT2D eigenvalue weighted by atomic mass is 127. The fraction of sp³-hybridized carbons (Fsp3) is 0.500. The summed E-state index contributed by atoms with van der Waals surface area (Å²) in [6, 6.07) is 1.47. The normalized spacial score (nSPS) is 10.2. The molecule has 0 aromatic carbocycles. The molecule has 0 unspecified atom stereocenters. The van der Waals surface area contributed by atoms with E-state index < -0.39 is 4.92 Å². The van der Waals surface area contributed by atoms with Crippen LogP contribution in [0, 0.1) is 13.8 Å². The Morgan fingerprint density at radius 2 is 2.50 bits per heavy atom. The van der Waals surface area contributed by atoms with Crippen molar-refractivity contribution in [3.63, 3.8) is 0 Å². The van der Waals surface area contributed by atoms with Gasteiger partial charge in [-0.2, -0.15) is 4.68 Å². The van der Waals surface area contributed by atoms with Gasteiger partial charge in [0.1, 0.15) is 3.70 Å². The van der Waals surface area contributed by atoms with Gasteiger partial charge < -0.3 is 10.1 Å². The van der Waals surface area contributed by atoms with Crippen LogP contribution >= 0.6 is 22.6 Å². The van der Waals surface area contributed by atoms with Crippen LogP contribution < -0.4 is 0 Å². The summed E-state index contributed by atoms with van der Waals surface area (Å²) >= 11 is 2.03. The predicted octanol–water partition coefficient (Wildman–Crippen LogP) is 1.81. The molecular formula is C6H8IN3O2. The van der Waals surface area contributed by atoms with Gasteiger partial charge in [-0.3, -0.25) is 0 Å². The van der Waals surface area contributed by atoms with Crippen LogP contribution in [0.25, 0.3) is 0 Å². The number of nitro groups is 1. The second-order valence-corrected chi connectivity index (χ2v) is 3.41. The van der Waals surface area contributed by atoms with Gasteiger partial charge in [0.2, 0.25) is 0 Å². The van der Waals surface area contributed by atoms with Crippen molar-refractivity contribution >= 4 is 28.4 Å². The second kappa shape index (κ2) is 3.83. The molecule has 0 saturated heterocycles. The maximum absolute atomic E-state index is 10.3. The minimum Gasteiger partial charge on any atom is -0.358 e. The molecule has 1 heterocycles. The Kier molecular flexibility index (Phi) is 3.01. The Morgan fingerprint density at radius 3 is 2.92 bits per heavy atom. The first-order valence-corrected chi connectivity index (χ1v) is 4.60. The fourth-order valence-electron chi connectivity index (χ4n) is 0.839. The molecule has 66 valence electrons. The Morgan fingerprint density at radius 1 is 1.83 bits per heavy atom. The largest absolute Gasteiger partial charge is 0.391 e. The first-order chi connectivity index (χ1) is 5.65. The Labute approximate surface area is 83.0 Å². The Bertz CT molecular complexity index is 297. The first kappa shape index (κ1) is 9.43. The van der Waals surface area contributed by atoms with Crippen LogP contribution in [0.15, 0.2) is 6.07 Å². The van der Waals surface area contributed by atoms with Crippen molar-refractivity contribution in [1.29, 1.82) is 0 Å². The summed E-state index contributed by atoms with van der Waals surface area (Å²) in [5, 5.41) is 14.1. The molecule has 12 heavy (non-hydrogen) atoms. The molecule has 0 N–H and O–H groups in total. The van der Waals surface area contributed by atoms with E-state index in [1.807, 2.05) is 29.5 Å². The third-order valence-corrected chi connectivity index (χ3v) is 2.21. The molecule has 0 saturated carbocycles. The molecule has 1 aromatic heterocycles. The van der Waals surface area contributed by atoms with Gasteiger partial charge in [0.25, 0.3) is 0 Å². The average Bonchev–Trinajstić information content (AvgIpc) is 2.34. The third-order valence-electron chi connectivity index (χ3n) is 1.34. The van der Waals surface area contributed by atoms with Gasteiger partial charge in [-0.25, -0.2) is 0 Å². The summed E-state index contributed by atoms with van der Waals surface area (Å²) in [7, 11) is 0. The third kappa shape index (κ3) is 1.93. The van der Waals surface area contributed by atoms with E-state index in [2.05, 4.69) is 5.10 Å². The van der Waals surface area contributed by atoms with Crippen LogP contribution in [0.3, 0.4) is 0 Å². The van der Waals surface area contributed by atoms with Gasteiger partial charge in [-0.1, -0.05) is 6.92 Å². The van der Waals surface area contributed by atoms with E-state index in [0.717, 1.165) is 16.7 Å². The number of rotatable bonds is 3. The van der Waals surface area contributed by atoms with Crippen LogP contribution in [0.4, 0.5) is 5.82 Å². The van der Waals surface area contributed by atoms with E-state index in [4.69, 9.17) is 0 Å². The van der Waals surface area contributed by atoms with E-state index in [1.54, 1.807) is 4.68 Å². The molecule has 0 fully saturated rings. The van der Waals surface area contributed by atoms with E-state index in [-0.39, 0.29) is 5.82 Å². The van der Waals surface area contributed by atoms with E-state index in [9.17, 15) is 10.1 Å². The fourth-order valence-corrected chi connectivity index (χ4v) is 1.47. The van der Waals surface area contributed by atoms with Crippen LogP contribution in [-0.2, 0) is 6.54 Å². The van der Waals surface area contributed by atoms with E-state index in [1.165, 1.54) is 6.07 Å². The lowest BCUT2D eigenvalue weighted by Crippen LogP contribution is -2.01. The number of aryl methyl sites for hydroxylation is 1. The molecular weight excluding hydrogens is 273 g/mol. The highest BCUT2D eigenvalue weighted by molar-refractivity contribution is 14.1. The predicted molar refractivity (Wildman–Crippen MR) is 51.9 cm³/mol. The van der Waals surface area contributed by atoms with Crippen molar-refractivity contribution in [3.8, 4) is 0 Å². The van der Waals surface area contributed by atoms with E-state index >= 15 is 0 Å². The molecule has 0 bridgehead atoms. The molecule has 6 heteroatoms. The zero-order chi connectivity index (χ0) is 9.14. The summed E-state index contributed by atoms with van der Waals surface area (Å²) in [5.41, 5.74) is 0. The van der Waals surface area contributed by atoms with Crippen LogP contribution in [0.1, 0.15) is 13.3 Å². The molecule has 5 nitrogen and oxygen atoms in total. The Balaban J connectivity index is 2.92. The quantitative estimate of drug-likeness (QED) is 0.482. The minimum absolute atomic E-state index is 0.0761. The van der Waals surface area contributed by atoms with Gasteiger partial charge >= 0.3 is 5.82 Å². The highest BCUT2D eigenvalue weighted by Crippen LogP contribution is 2.13. The number of aromatic nitrogens is 2. The van der Waals surface area contributed by atoms with Gasteiger partial charge in [-0.15, -0.1) is 0 Å². The van der Waals surface area contributed by atoms with Gasteiger partial charge in [0.15, 0.2) is 0 Å². The number of nitrogens with zero attached hydrogens (tertiary/aromatic N) is 3. The zero-order valence-corrected chi connectivity index (χ0v) is 8.69. The summed E-state index contributed by atoms with van der Waals surface area (Å²) in [4.78, 5) is 9.82. The molecule has 0 aliphatic heterocycles. The second-order valence-electron chi connectivity index (χ2n) is 2.31. The maximum atomic E-state index is 10.3. The van der Waals surface area contributed by atoms with Crippen molar-refractivity contribution in [2.45, 2.75) is 19.9 Å². The van der Waals surface area contributed by atoms with Crippen molar-refractivity contribution in [2.24, 2.45) is 0 Å². The summed E-state index contributed by atoms with van der Waals surface area (Å²) in [6.07, 6.45) is 0.925. The Hall–Kier alpha value is -0.660. The number of hydrogen-bond donors (Lipinski definition) is 0. The van der Waals surface area contributed by atoms with Crippen LogP contribution in [-0.4, -0.2) is 14.7 Å². The number of halogens is 1. The summed E-state index contributed by atoms with van der Waals surface area (Å²) in [6.45, 7) is 2.73. The molecule has 0 radical (unpaired) electrons. The SMILES string of the molecule is CCCn1nc([N+](=O)[O-])cc1I. The zero-order valence-electron chi connectivity index (χ0n) is 6.53. The average molecular weight is 281 g/mol. The van der Waals surface area contributed by atoms with Gasteiger partial charge in [0, 0.05) is 0 Å². The van der Waals surface area contributed by atoms with Crippen molar-refractivity contribution in [2.75, 3.05) is 0 Å². The van der Waals surface area contributed by atoms with Crippen molar-refractivity contribution in [1.82, 2.24) is 9.78 Å². The summed E-state index contributed by atoms with van der Waals surface area (Å²) in [5.74, 6) is -0.0761. The first-order valence-electron chi connectivity index (χ1n) is 3.53. The topological polar surface area (TPSA) is 61.0 Å². The van der Waals surface area contributed by atoms with Gasteiger partial charge in [0.05, 0.1) is 17.7 Å². The molecule has 0 aliphatic rings. The molecule has 1 rings (SSSR count). The minimum atomic E-state index is -0.478. The van der Waals surface area contributed by atoms with Crippen LogP contribution in [0.5, 0.6) is 0 Å². The standard InChI is InChI=1S/C6H8IN3O2/c1-2-3-9-5(7)4-6(8-9)10(11)12/h4H,2-3H2,1H3. The maximum Gasteiger partial charge on any atom is 0.391 e. The molecule has 0 spiro atoms. The lowest BCUT2D eigenvalue weighted by Gasteiger charge is -1.91. The monoisotopic (exact) mass is 281 g/mol. The van der Waals surface area contributed by atoms with Gasteiger partial charge in [-0.05, 0) is 33.9 Å². The lowest BCUT2D eigenvalue weighted by atomic mass is 10.5. The van der Waals surface area contributed by atoms with Crippen molar-refractivity contribution in [3.05, 3.63) is 19.9 Å². The van der Waals surface area contributed by atoms with E-state index in [0.29, 0.717) is 0 Å². The molecule has 1 aromatic rings. The smallest absolute Gasteiger partial charge is 0.358 e. The van der Waals surface area contributed by atoms with Crippen LogP contribution in [0.2, 0.25) is 0 Å². The van der Waals surface area contributed by atoms with Crippen molar-refractivity contribution < 1.29 is 4.92 Å². The highest BCUT2D eigenvalue weighted by Gasteiger charge is 2.14. The molecule has 0 aliphatic carbocycles. The molecule has 0 atom stereocenters. The lowest BCUT2D eigenvalue weighted by molar-refractivity contribution is -0.389. The molecule has 0 amide bonds. The summed E-state index contributed by atoms with van der Waals surface area (Å²) < 4.78 is 2.44. The number of hydrogen-bond acceptors (Lipinski definition) is 3.